The van der Waals surface area contributed by atoms with Crippen LogP contribution in [0, 0.1) is 11.3 Å². The van der Waals surface area contributed by atoms with E-state index in [1.54, 1.807) is 12.1 Å². The van der Waals surface area contributed by atoms with E-state index < -0.39 is 0 Å². The fourth-order valence-corrected chi connectivity index (χ4v) is 4.43. The van der Waals surface area contributed by atoms with Gasteiger partial charge in [0.1, 0.15) is 17.6 Å². The first kappa shape index (κ1) is 29.0. The van der Waals surface area contributed by atoms with Crippen molar-refractivity contribution in [2.75, 3.05) is 6.61 Å². The normalized spacial score (nSPS) is 10.7. The maximum atomic E-state index is 12.6. The van der Waals surface area contributed by atoms with Gasteiger partial charge in [0.05, 0.1) is 17.7 Å². The van der Waals surface area contributed by atoms with Crippen molar-refractivity contribution in [3.05, 3.63) is 83.4 Å². The molecule has 0 bridgehead atoms. The Kier molecular flexibility index (Phi) is 12.4. The predicted octanol–water partition coefficient (Wildman–Crippen LogP) is 9.31. The molecule has 3 aromatic carbocycles. The molecule has 0 unspecified atom stereocenters. The van der Waals surface area contributed by atoms with Crippen molar-refractivity contribution in [1.82, 2.24) is 0 Å². The molecule has 0 radical (unpaired) electrons. The van der Waals surface area contributed by atoms with Gasteiger partial charge in [-0.3, -0.25) is 0 Å². The standard InChI is InChI=1S/C34H41NO3/c1-3-5-7-8-9-10-12-24-37-33-23-20-30(25-31(33)26-35)28-16-18-29(19-17-28)34(36)38-32-21-14-27(15-22-32)13-11-6-4-2/h14-23,25H,3-13,24H2,1-2H3. The van der Waals surface area contributed by atoms with Gasteiger partial charge in [-0.2, -0.15) is 5.26 Å². The van der Waals surface area contributed by atoms with Crippen molar-refractivity contribution in [3.63, 3.8) is 0 Å². The van der Waals surface area contributed by atoms with Gasteiger partial charge >= 0.3 is 5.97 Å². The molecule has 0 heterocycles. The number of carbonyl (C=O) groups excluding carboxylic acids is 1. The molecule has 200 valence electrons. The van der Waals surface area contributed by atoms with Crippen LogP contribution in [0.3, 0.4) is 0 Å². The molecule has 4 heteroatoms. The molecule has 3 aromatic rings. The van der Waals surface area contributed by atoms with Crippen LogP contribution in [0.25, 0.3) is 11.1 Å². The third kappa shape index (κ3) is 9.38. The summed E-state index contributed by atoms with van der Waals surface area (Å²) in [7, 11) is 0. The van der Waals surface area contributed by atoms with Crippen LogP contribution in [0.2, 0.25) is 0 Å². The van der Waals surface area contributed by atoms with Crippen LogP contribution < -0.4 is 9.47 Å². The third-order valence-electron chi connectivity index (χ3n) is 6.76. The molecule has 4 nitrogen and oxygen atoms in total. The number of ether oxygens (including phenoxy) is 2. The van der Waals surface area contributed by atoms with E-state index in [2.05, 4.69) is 19.9 Å². The topological polar surface area (TPSA) is 59.3 Å². The first-order chi connectivity index (χ1) is 18.6. The Hall–Kier alpha value is -3.58. The number of carbonyl (C=O) groups is 1. The van der Waals surface area contributed by atoms with Crippen LogP contribution in [-0.2, 0) is 6.42 Å². The fraction of sp³-hybridized carbons (Fsp3) is 0.412. The summed E-state index contributed by atoms with van der Waals surface area (Å²) in [5, 5.41) is 9.65. The lowest BCUT2D eigenvalue weighted by atomic mass is 10.0. The summed E-state index contributed by atoms with van der Waals surface area (Å²) in [5.41, 5.74) is 4.09. The van der Waals surface area contributed by atoms with E-state index in [9.17, 15) is 10.1 Å². The van der Waals surface area contributed by atoms with Crippen LogP contribution in [0.15, 0.2) is 66.7 Å². The highest BCUT2D eigenvalue weighted by atomic mass is 16.5. The zero-order valence-electron chi connectivity index (χ0n) is 23.0. The fourth-order valence-electron chi connectivity index (χ4n) is 4.43. The highest BCUT2D eigenvalue weighted by molar-refractivity contribution is 5.91. The quantitative estimate of drug-likeness (QED) is 0.109. The molecular formula is C34H41NO3. The maximum absolute atomic E-state index is 12.6. The minimum atomic E-state index is -0.387. The van der Waals surface area contributed by atoms with Crippen LogP contribution in [0.4, 0.5) is 0 Å². The van der Waals surface area contributed by atoms with E-state index in [4.69, 9.17) is 9.47 Å². The van der Waals surface area contributed by atoms with E-state index in [1.165, 1.54) is 56.9 Å². The van der Waals surface area contributed by atoms with E-state index in [0.717, 1.165) is 30.4 Å². The van der Waals surface area contributed by atoms with Gasteiger partial charge in [-0.1, -0.05) is 95.5 Å². The van der Waals surface area contributed by atoms with Gasteiger partial charge < -0.3 is 9.47 Å². The monoisotopic (exact) mass is 511 g/mol. The summed E-state index contributed by atoms with van der Waals surface area (Å²) >= 11 is 0. The molecule has 38 heavy (non-hydrogen) atoms. The lowest BCUT2D eigenvalue weighted by Crippen LogP contribution is -2.08. The minimum Gasteiger partial charge on any atom is -0.492 e. The van der Waals surface area contributed by atoms with Gasteiger partial charge in [-0.05, 0) is 72.4 Å². The van der Waals surface area contributed by atoms with Gasteiger partial charge in [-0.25, -0.2) is 4.79 Å². The molecular weight excluding hydrogens is 470 g/mol. The smallest absolute Gasteiger partial charge is 0.343 e. The average Bonchev–Trinajstić information content (AvgIpc) is 2.95. The second-order valence-electron chi connectivity index (χ2n) is 9.86. The summed E-state index contributed by atoms with van der Waals surface area (Å²) in [6.07, 6.45) is 13.2. The summed E-state index contributed by atoms with van der Waals surface area (Å²) in [6.45, 7) is 5.05. The van der Waals surface area contributed by atoms with Gasteiger partial charge in [-0.15, -0.1) is 0 Å². The van der Waals surface area contributed by atoms with E-state index in [-0.39, 0.29) is 5.97 Å². The number of hydrogen-bond acceptors (Lipinski definition) is 4. The molecule has 0 saturated heterocycles. The zero-order valence-corrected chi connectivity index (χ0v) is 23.0. The van der Waals surface area contributed by atoms with E-state index >= 15 is 0 Å². The summed E-state index contributed by atoms with van der Waals surface area (Å²) in [6, 6.07) is 22.9. The maximum Gasteiger partial charge on any atom is 0.343 e. The van der Waals surface area contributed by atoms with Crippen LogP contribution >= 0.6 is 0 Å². The summed E-state index contributed by atoms with van der Waals surface area (Å²) < 4.78 is 11.5. The number of nitriles is 1. The van der Waals surface area contributed by atoms with E-state index in [0.29, 0.717) is 29.2 Å². The van der Waals surface area contributed by atoms with Gasteiger partial charge in [0, 0.05) is 0 Å². The molecule has 0 aliphatic carbocycles. The van der Waals surface area contributed by atoms with Crippen molar-refractivity contribution >= 4 is 5.97 Å². The molecule has 3 rings (SSSR count). The minimum absolute atomic E-state index is 0.387. The number of aryl methyl sites for hydroxylation is 1. The number of esters is 1. The second kappa shape index (κ2) is 16.3. The van der Waals surface area contributed by atoms with Crippen LogP contribution in [0.5, 0.6) is 11.5 Å². The lowest BCUT2D eigenvalue weighted by molar-refractivity contribution is 0.0734. The van der Waals surface area contributed by atoms with Gasteiger partial charge in [0.2, 0.25) is 0 Å². The largest absolute Gasteiger partial charge is 0.492 e. The highest BCUT2D eigenvalue weighted by Gasteiger charge is 2.11. The number of benzene rings is 3. The SMILES string of the molecule is CCCCCCCCCOc1ccc(-c2ccc(C(=O)Oc3ccc(CCCCC)cc3)cc2)cc1C#N. The molecule has 0 fully saturated rings. The van der Waals surface area contributed by atoms with Crippen molar-refractivity contribution in [2.45, 2.75) is 84.5 Å². The molecule has 0 atom stereocenters. The summed E-state index contributed by atoms with van der Waals surface area (Å²) in [4.78, 5) is 12.6. The van der Waals surface area contributed by atoms with Crippen molar-refractivity contribution in [3.8, 4) is 28.7 Å². The van der Waals surface area contributed by atoms with Gasteiger partial charge in [0.25, 0.3) is 0 Å². The average molecular weight is 512 g/mol. The van der Waals surface area contributed by atoms with Gasteiger partial charge in [0.15, 0.2) is 0 Å². The third-order valence-corrected chi connectivity index (χ3v) is 6.76. The lowest BCUT2D eigenvalue weighted by Gasteiger charge is -2.10. The number of rotatable bonds is 16. The Morgan fingerprint density at radius 1 is 0.737 bits per heavy atom. The Balaban J connectivity index is 1.52. The first-order valence-electron chi connectivity index (χ1n) is 14.2. The Morgan fingerprint density at radius 3 is 2.05 bits per heavy atom. The molecule has 0 saturated carbocycles. The van der Waals surface area contributed by atoms with Crippen LogP contribution in [-0.4, -0.2) is 12.6 Å². The first-order valence-corrected chi connectivity index (χ1v) is 14.2. The Labute approximate surface area is 228 Å². The second-order valence-corrected chi connectivity index (χ2v) is 9.86. The molecule has 0 spiro atoms. The van der Waals surface area contributed by atoms with E-state index in [1.807, 2.05) is 54.6 Å². The molecule has 0 amide bonds. The summed E-state index contributed by atoms with van der Waals surface area (Å²) in [5.74, 6) is 0.782. The Bertz CT molecular complexity index is 1160. The Morgan fingerprint density at radius 2 is 1.37 bits per heavy atom. The van der Waals surface area contributed by atoms with Crippen LogP contribution in [0.1, 0.15) is 99.5 Å². The van der Waals surface area contributed by atoms with Crippen molar-refractivity contribution in [1.29, 1.82) is 5.26 Å². The highest BCUT2D eigenvalue weighted by Crippen LogP contribution is 2.27. The molecule has 0 N–H and O–H groups in total. The number of nitrogens with zero attached hydrogens (tertiary/aromatic N) is 1. The molecule has 0 aromatic heterocycles. The molecule has 0 aliphatic rings. The molecule has 0 aliphatic heterocycles. The predicted molar refractivity (Wildman–Crippen MR) is 155 cm³/mol. The van der Waals surface area contributed by atoms with Crippen molar-refractivity contribution in [2.24, 2.45) is 0 Å². The number of hydrogen-bond donors (Lipinski definition) is 0. The zero-order chi connectivity index (χ0) is 27.0. The number of unbranched alkanes of at least 4 members (excludes halogenated alkanes) is 8. The van der Waals surface area contributed by atoms with Crippen molar-refractivity contribution < 1.29 is 14.3 Å².